The summed E-state index contributed by atoms with van der Waals surface area (Å²) >= 11 is 12.0. The van der Waals surface area contributed by atoms with Gasteiger partial charge in [0.25, 0.3) is 0 Å². The molecule has 0 radical (unpaired) electrons. The summed E-state index contributed by atoms with van der Waals surface area (Å²) in [5, 5.41) is 0.763. The van der Waals surface area contributed by atoms with Gasteiger partial charge in [0, 0.05) is 30.2 Å². The second kappa shape index (κ2) is 5.97. The maximum atomic E-state index is 5.99. The van der Waals surface area contributed by atoms with E-state index in [4.69, 9.17) is 23.2 Å². The van der Waals surface area contributed by atoms with Crippen LogP contribution in [0.15, 0.2) is 18.2 Å². The molecule has 0 unspecified atom stereocenters. The Balaban J connectivity index is 2.09. The molecule has 2 rings (SSSR count). The average molecular weight is 272 g/mol. The second-order valence-corrected chi connectivity index (χ2v) is 5.64. The lowest BCUT2D eigenvalue weighted by Crippen LogP contribution is -2.24. The van der Waals surface area contributed by atoms with E-state index in [-0.39, 0.29) is 0 Å². The highest BCUT2D eigenvalue weighted by molar-refractivity contribution is 6.30. The fraction of sp³-hybridized carbons (Fsp3) is 0.571. The van der Waals surface area contributed by atoms with Crippen LogP contribution in [0.3, 0.4) is 0 Å². The smallest absolute Gasteiger partial charge is 0.0495 e. The van der Waals surface area contributed by atoms with Crippen molar-refractivity contribution in [3.63, 3.8) is 0 Å². The molecule has 1 aromatic carbocycles. The summed E-state index contributed by atoms with van der Waals surface area (Å²) in [6, 6.07) is 5.99. The summed E-state index contributed by atoms with van der Waals surface area (Å²) in [6.07, 6.45) is 5.52. The minimum atomic E-state index is 0.519. The molecule has 0 atom stereocenters. The third-order valence-electron chi connectivity index (χ3n) is 3.60. The number of hydrogen-bond donors (Lipinski definition) is 0. The van der Waals surface area contributed by atoms with Gasteiger partial charge in [-0.1, -0.05) is 24.4 Å². The lowest BCUT2D eigenvalue weighted by molar-refractivity contribution is 0.546. The predicted molar refractivity (Wildman–Crippen MR) is 76.2 cm³/mol. The molecule has 1 aliphatic rings. The predicted octanol–water partition coefficient (Wildman–Crippen LogP) is 4.71. The Kier molecular flexibility index (Phi) is 4.58. The molecule has 1 aromatic rings. The van der Waals surface area contributed by atoms with Crippen molar-refractivity contribution < 1.29 is 0 Å². The number of hydrogen-bond acceptors (Lipinski definition) is 1. The van der Waals surface area contributed by atoms with Gasteiger partial charge in [-0.2, -0.15) is 0 Å². The molecule has 0 heterocycles. The third-order valence-corrected chi connectivity index (χ3v) is 4.13. The van der Waals surface area contributed by atoms with Crippen LogP contribution in [0.1, 0.15) is 31.2 Å². The summed E-state index contributed by atoms with van der Waals surface area (Å²) in [4.78, 5) is 2.32. The number of benzene rings is 1. The second-order valence-electron chi connectivity index (χ2n) is 4.94. The zero-order valence-corrected chi connectivity index (χ0v) is 11.8. The minimum absolute atomic E-state index is 0.519. The first-order valence-electron chi connectivity index (χ1n) is 6.26. The molecular weight excluding hydrogens is 253 g/mol. The van der Waals surface area contributed by atoms with Crippen LogP contribution >= 0.6 is 23.2 Å². The topological polar surface area (TPSA) is 3.24 Å². The van der Waals surface area contributed by atoms with Crippen LogP contribution in [0.4, 0.5) is 5.69 Å². The van der Waals surface area contributed by atoms with E-state index in [1.807, 2.05) is 12.1 Å². The standard InChI is InChI=1S/C14H19Cl2N/c1-17(10-11-4-2-3-5-11)14-7-6-13(16)8-12(14)9-15/h6-8,11H,2-5,9-10H2,1H3. The first kappa shape index (κ1) is 13.0. The molecule has 0 aromatic heterocycles. The van der Waals surface area contributed by atoms with Gasteiger partial charge >= 0.3 is 0 Å². The lowest BCUT2D eigenvalue weighted by atomic mass is 10.1. The normalized spacial score (nSPS) is 16.4. The summed E-state index contributed by atoms with van der Waals surface area (Å²) in [6.45, 7) is 1.13. The number of halogens is 2. The highest BCUT2D eigenvalue weighted by atomic mass is 35.5. The van der Waals surface area contributed by atoms with E-state index >= 15 is 0 Å². The van der Waals surface area contributed by atoms with Crippen LogP contribution in [-0.4, -0.2) is 13.6 Å². The monoisotopic (exact) mass is 271 g/mol. The Hall–Kier alpha value is -0.400. The molecule has 0 spiro atoms. The Labute approximate surface area is 114 Å². The highest BCUT2D eigenvalue weighted by Gasteiger charge is 2.18. The summed E-state index contributed by atoms with van der Waals surface area (Å²) in [5.74, 6) is 1.36. The number of rotatable bonds is 4. The first-order chi connectivity index (χ1) is 8.20. The molecule has 94 valence electrons. The molecular formula is C14H19Cl2N. The first-order valence-corrected chi connectivity index (χ1v) is 7.17. The quantitative estimate of drug-likeness (QED) is 0.718. The van der Waals surface area contributed by atoms with Gasteiger partial charge in [0.2, 0.25) is 0 Å². The third kappa shape index (κ3) is 3.29. The van der Waals surface area contributed by atoms with Gasteiger partial charge in [-0.05, 0) is 42.5 Å². The SMILES string of the molecule is CN(CC1CCCC1)c1ccc(Cl)cc1CCl. The molecule has 0 amide bonds. The molecule has 17 heavy (non-hydrogen) atoms. The molecule has 0 N–H and O–H groups in total. The Morgan fingerprint density at radius 3 is 2.65 bits per heavy atom. The maximum Gasteiger partial charge on any atom is 0.0495 e. The van der Waals surface area contributed by atoms with Crippen molar-refractivity contribution in [2.75, 3.05) is 18.5 Å². The van der Waals surface area contributed by atoms with Gasteiger partial charge in [0.05, 0.1) is 0 Å². The molecule has 1 saturated carbocycles. The van der Waals surface area contributed by atoms with Crippen molar-refractivity contribution in [2.45, 2.75) is 31.6 Å². The van der Waals surface area contributed by atoms with E-state index in [1.54, 1.807) is 0 Å². The van der Waals surface area contributed by atoms with Crippen LogP contribution in [0.25, 0.3) is 0 Å². The van der Waals surface area contributed by atoms with Gasteiger partial charge in [-0.3, -0.25) is 0 Å². The Morgan fingerprint density at radius 2 is 2.00 bits per heavy atom. The molecule has 0 saturated heterocycles. The molecule has 1 fully saturated rings. The van der Waals surface area contributed by atoms with Crippen molar-refractivity contribution >= 4 is 28.9 Å². The lowest BCUT2D eigenvalue weighted by Gasteiger charge is -2.25. The van der Waals surface area contributed by atoms with Crippen LogP contribution in [0, 0.1) is 5.92 Å². The zero-order valence-electron chi connectivity index (χ0n) is 10.3. The Bertz CT molecular complexity index is 372. The van der Waals surface area contributed by atoms with E-state index in [2.05, 4.69) is 18.0 Å². The van der Waals surface area contributed by atoms with Crippen LogP contribution in [0.2, 0.25) is 5.02 Å². The molecule has 1 nitrogen and oxygen atoms in total. The highest BCUT2D eigenvalue weighted by Crippen LogP contribution is 2.29. The van der Waals surface area contributed by atoms with Crippen molar-refractivity contribution in [3.05, 3.63) is 28.8 Å². The largest absolute Gasteiger partial charge is 0.374 e. The van der Waals surface area contributed by atoms with E-state index in [0.717, 1.165) is 23.0 Å². The van der Waals surface area contributed by atoms with E-state index < -0.39 is 0 Å². The zero-order chi connectivity index (χ0) is 12.3. The van der Waals surface area contributed by atoms with Crippen molar-refractivity contribution in [2.24, 2.45) is 5.92 Å². The number of anilines is 1. The van der Waals surface area contributed by atoms with Gasteiger partial charge in [-0.15, -0.1) is 11.6 Å². The molecule has 3 heteroatoms. The van der Waals surface area contributed by atoms with Crippen molar-refractivity contribution in [1.82, 2.24) is 0 Å². The van der Waals surface area contributed by atoms with Crippen LogP contribution in [0.5, 0.6) is 0 Å². The van der Waals surface area contributed by atoms with Gasteiger partial charge in [-0.25, -0.2) is 0 Å². The minimum Gasteiger partial charge on any atom is -0.374 e. The maximum absolute atomic E-state index is 5.99. The van der Waals surface area contributed by atoms with Crippen LogP contribution in [-0.2, 0) is 5.88 Å². The van der Waals surface area contributed by atoms with Gasteiger partial charge in [0.1, 0.15) is 0 Å². The Morgan fingerprint density at radius 1 is 1.29 bits per heavy atom. The number of alkyl halides is 1. The molecule has 0 bridgehead atoms. The summed E-state index contributed by atoms with van der Waals surface area (Å²) < 4.78 is 0. The van der Waals surface area contributed by atoms with Gasteiger partial charge < -0.3 is 4.90 Å². The van der Waals surface area contributed by atoms with Crippen molar-refractivity contribution in [1.29, 1.82) is 0 Å². The average Bonchev–Trinajstić information content (AvgIpc) is 2.81. The fourth-order valence-corrected chi connectivity index (χ4v) is 3.12. The van der Waals surface area contributed by atoms with E-state index in [9.17, 15) is 0 Å². The van der Waals surface area contributed by atoms with E-state index in [0.29, 0.717) is 5.88 Å². The summed E-state index contributed by atoms with van der Waals surface area (Å²) in [5.41, 5.74) is 2.34. The summed E-state index contributed by atoms with van der Waals surface area (Å²) in [7, 11) is 2.15. The van der Waals surface area contributed by atoms with Gasteiger partial charge in [0.15, 0.2) is 0 Å². The number of nitrogens with zero attached hydrogens (tertiary/aromatic N) is 1. The molecule has 1 aliphatic carbocycles. The van der Waals surface area contributed by atoms with Crippen molar-refractivity contribution in [3.8, 4) is 0 Å². The fourth-order valence-electron chi connectivity index (χ4n) is 2.71. The molecule has 0 aliphatic heterocycles. The van der Waals surface area contributed by atoms with Crippen LogP contribution < -0.4 is 4.90 Å². The van der Waals surface area contributed by atoms with E-state index in [1.165, 1.54) is 31.4 Å².